The van der Waals surface area contributed by atoms with Crippen LogP contribution in [0.2, 0.25) is 0 Å². The van der Waals surface area contributed by atoms with Crippen molar-refractivity contribution in [1.29, 1.82) is 0 Å². The Kier molecular flexibility index (Phi) is 4.79. The predicted molar refractivity (Wildman–Crippen MR) is 87.5 cm³/mol. The third-order valence-electron chi connectivity index (χ3n) is 4.11. The molecule has 2 rings (SSSR count). The molecule has 4 nitrogen and oxygen atoms in total. The van der Waals surface area contributed by atoms with Crippen LogP contribution in [0.1, 0.15) is 67.4 Å². The van der Waals surface area contributed by atoms with Gasteiger partial charge in [0.15, 0.2) is 0 Å². The number of benzene rings is 1. The van der Waals surface area contributed by atoms with Gasteiger partial charge in [0.05, 0.1) is 5.56 Å². The maximum Gasteiger partial charge on any atom is 0.255 e. The molecule has 1 aromatic rings. The standard InChI is InChI=1S/C18H25NO3/c1-10(2)19-18(22)15-12(4)9-14(20)16(17(15)21)13-7-5-6-11(3)8-13/h8-10,13,20-21H,5-7H2,1-4H3,(H,19,22). The molecule has 22 heavy (non-hydrogen) atoms. The van der Waals surface area contributed by atoms with E-state index in [9.17, 15) is 15.0 Å². The number of aromatic hydroxyl groups is 2. The molecule has 0 spiro atoms. The quantitative estimate of drug-likeness (QED) is 0.745. The molecule has 0 fully saturated rings. The molecular formula is C18H25NO3. The average molecular weight is 303 g/mol. The fraction of sp³-hybridized carbons (Fsp3) is 0.500. The van der Waals surface area contributed by atoms with Gasteiger partial charge in [-0.25, -0.2) is 0 Å². The smallest absolute Gasteiger partial charge is 0.255 e. The summed E-state index contributed by atoms with van der Waals surface area (Å²) < 4.78 is 0. The second-order valence-electron chi connectivity index (χ2n) is 6.49. The predicted octanol–water partition coefficient (Wildman–Crippen LogP) is 3.76. The normalized spacial score (nSPS) is 18.2. The van der Waals surface area contributed by atoms with Crippen molar-refractivity contribution in [3.05, 3.63) is 34.4 Å². The van der Waals surface area contributed by atoms with E-state index >= 15 is 0 Å². The molecule has 0 saturated carbocycles. The van der Waals surface area contributed by atoms with Gasteiger partial charge in [-0.1, -0.05) is 11.6 Å². The molecule has 1 atom stereocenters. The Morgan fingerprint density at radius 2 is 2.00 bits per heavy atom. The minimum absolute atomic E-state index is 0.0135. The zero-order valence-corrected chi connectivity index (χ0v) is 13.7. The number of carbonyl (C=O) groups excluding carboxylic acids is 1. The molecule has 1 aliphatic carbocycles. The van der Waals surface area contributed by atoms with E-state index in [4.69, 9.17) is 0 Å². The van der Waals surface area contributed by atoms with Crippen molar-refractivity contribution in [2.24, 2.45) is 0 Å². The summed E-state index contributed by atoms with van der Waals surface area (Å²) in [5.41, 5.74) is 2.56. The van der Waals surface area contributed by atoms with Gasteiger partial charge in [0.1, 0.15) is 11.5 Å². The van der Waals surface area contributed by atoms with E-state index in [0.29, 0.717) is 11.1 Å². The SMILES string of the molecule is CC1=CC(c2c(O)cc(C)c(C(=O)NC(C)C)c2O)CCC1. The lowest BCUT2D eigenvalue weighted by molar-refractivity contribution is 0.0939. The first kappa shape index (κ1) is 16.4. The lowest BCUT2D eigenvalue weighted by Gasteiger charge is -2.23. The van der Waals surface area contributed by atoms with Crippen molar-refractivity contribution in [2.45, 2.75) is 58.9 Å². The van der Waals surface area contributed by atoms with Crippen molar-refractivity contribution in [2.75, 3.05) is 0 Å². The number of hydrogen-bond acceptors (Lipinski definition) is 3. The van der Waals surface area contributed by atoms with Gasteiger partial charge in [-0.3, -0.25) is 4.79 Å². The number of phenols is 2. The van der Waals surface area contributed by atoms with Crippen LogP contribution in [-0.2, 0) is 0 Å². The van der Waals surface area contributed by atoms with Gasteiger partial charge < -0.3 is 15.5 Å². The van der Waals surface area contributed by atoms with Crippen LogP contribution in [0.3, 0.4) is 0 Å². The molecule has 1 aliphatic rings. The Labute approximate surface area is 131 Å². The molecule has 0 bridgehead atoms. The van der Waals surface area contributed by atoms with Crippen LogP contribution in [0.4, 0.5) is 0 Å². The first-order chi connectivity index (χ1) is 10.3. The second kappa shape index (κ2) is 6.42. The molecule has 1 aromatic carbocycles. The van der Waals surface area contributed by atoms with Gasteiger partial charge >= 0.3 is 0 Å². The van der Waals surface area contributed by atoms with Crippen LogP contribution < -0.4 is 5.32 Å². The zero-order valence-electron chi connectivity index (χ0n) is 13.7. The van der Waals surface area contributed by atoms with Crippen molar-refractivity contribution < 1.29 is 15.0 Å². The summed E-state index contributed by atoms with van der Waals surface area (Å²) in [7, 11) is 0. The summed E-state index contributed by atoms with van der Waals surface area (Å²) in [6.45, 7) is 7.53. The van der Waals surface area contributed by atoms with E-state index in [1.54, 1.807) is 13.0 Å². The van der Waals surface area contributed by atoms with Crippen LogP contribution >= 0.6 is 0 Å². The number of allylic oxidation sites excluding steroid dienone is 2. The fourth-order valence-corrected chi connectivity index (χ4v) is 3.12. The molecule has 1 unspecified atom stereocenters. The molecule has 4 heteroatoms. The Morgan fingerprint density at radius 1 is 1.32 bits per heavy atom. The van der Waals surface area contributed by atoms with Gasteiger partial charge in [-0.2, -0.15) is 0 Å². The summed E-state index contributed by atoms with van der Waals surface area (Å²) in [6.07, 6.45) is 5.02. The molecule has 0 heterocycles. The van der Waals surface area contributed by atoms with E-state index in [2.05, 4.69) is 18.3 Å². The summed E-state index contributed by atoms with van der Waals surface area (Å²) in [6, 6.07) is 1.56. The number of rotatable bonds is 3. The van der Waals surface area contributed by atoms with Crippen LogP contribution in [0.5, 0.6) is 11.5 Å². The average Bonchev–Trinajstić information content (AvgIpc) is 2.36. The van der Waals surface area contributed by atoms with Crippen LogP contribution in [0.15, 0.2) is 17.7 Å². The largest absolute Gasteiger partial charge is 0.507 e. The van der Waals surface area contributed by atoms with Crippen molar-refractivity contribution in [1.82, 2.24) is 5.32 Å². The number of aryl methyl sites for hydroxylation is 1. The van der Waals surface area contributed by atoms with Crippen molar-refractivity contribution in [3.8, 4) is 11.5 Å². The summed E-state index contributed by atoms with van der Waals surface area (Å²) >= 11 is 0. The molecule has 0 saturated heterocycles. The maximum absolute atomic E-state index is 12.3. The van der Waals surface area contributed by atoms with Gasteiger partial charge in [-0.15, -0.1) is 0 Å². The fourth-order valence-electron chi connectivity index (χ4n) is 3.12. The molecule has 1 amide bonds. The number of amides is 1. The van der Waals surface area contributed by atoms with Crippen LogP contribution in [0, 0.1) is 6.92 Å². The first-order valence-electron chi connectivity index (χ1n) is 7.84. The van der Waals surface area contributed by atoms with Gasteiger partial charge in [0, 0.05) is 17.5 Å². The number of hydrogen-bond donors (Lipinski definition) is 3. The molecule has 3 N–H and O–H groups in total. The minimum Gasteiger partial charge on any atom is -0.507 e. The highest BCUT2D eigenvalue weighted by atomic mass is 16.3. The molecule has 0 aliphatic heterocycles. The highest BCUT2D eigenvalue weighted by Gasteiger charge is 2.26. The van der Waals surface area contributed by atoms with Gasteiger partial charge in [-0.05, 0) is 58.6 Å². The Bertz CT molecular complexity index is 617. The monoisotopic (exact) mass is 303 g/mol. The molecule has 120 valence electrons. The maximum atomic E-state index is 12.3. The number of nitrogens with one attached hydrogen (secondary N) is 1. The lowest BCUT2D eigenvalue weighted by atomic mass is 9.83. The van der Waals surface area contributed by atoms with Crippen LogP contribution in [0.25, 0.3) is 0 Å². The summed E-state index contributed by atoms with van der Waals surface area (Å²) in [5.74, 6) is -0.374. The molecule has 0 radical (unpaired) electrons. The van der Waals surface area contributed by atoms with E-state index in [1.807, 2.05) is 13.8 Å². The first-order valence-corrected chi connectivity index (χ1v) is 7.84. The van der Waals surface area contributed by atoms with Crippen molar-refractivity contribution in [3.63, 3.8) is 0 Å². The zero-order chi connectivity index (χ0) is 16.4. The van der Waals surface area contributed by atoms with Crippen LogP contribution in [-0.4, -0.2) is 22.2 Å². The Balaban J connectivity index is 2.51. The minimum atomic E-state index is -0.303. The van der Waals surface area contributed by atoms with E-state index in [1.165, 1.54) is 5.57 Å². The molecular weight excluding hydrogens is 278 g/mol. The van der Waals surface area contributed by atoms with Gasteiger partial charge in [0.25, 0.3) is 5.91 Å². The Hall–Kier alpha value is -1.97. The highest BCUT2D eigenvalue weighted by molar-refractivity contribution is 5.99. The third-order valence-corrected chi connectivity index (χ3v) is 4.11. The second-order valence-corrected chi connectivity index (χ2v) is 6.49. The summed E-state index contributed by atoms with van der Waals surface area (Å²) in [4.78, 5) is 12.3. The number of carbonyl (C=O) groups is 1. The number of phenolic OH excluding ortho intramolecular Hbond substituents is 2. The highest BCUT2D eigenvalue weighted by Crippen LogP contribution is 2.43. The van der Waals surface area contributed by atoms with E-state index < -0.39 is 0 Å². The molecule has 0 aromatic heterocycles. The van der Waals surface area contributed by atoms with E-state index in [0.717, 1.165) is 19.3 Å². The van der Waals surface area contributed by atoms with Crippen molar-refractivity contribution >= 4 is 5.91 Å². The van der Waals surface area contributed by atoms with E-state index in [-0.39, 0.29) is 34.9 Å². The lowest BCUT2D eigenvalue weighted by Crippen LogP contribution is -2.30. The summed E-state index contributed by atoms with van der Waals surface area (Å²) in [5, 5.41) is 23.7. The topological polar surface area (TPSA) is 69.6 Å². The third kappa shape index (κ3) is 3.26. The van der Waals surface area contributed by atoms with Gasteiger partial charge in [0.2, 0.25) is 0 Å². The Morgan fingerprint density at radius 3 is 2.59 bits per heavy atom.